The number of rotatable bonds is 3. The van der Waals surface area contributed by atoms with Crippen LogP contribution < -0.4 is 0 Å². The molecule has 94 valence electrons. The molecule has 0 N–H and O–H groups in total. The molecular formula is C14H27NO. The van der Waals surface area contributed by atoms with Crippen LogP contribution in [-0.4, -0.2) is 36.2 Å². The summed E-state index contributed by atoms with van der Waals surface area (Å²) in [7, 11) is 0. The smallest absolute Gasteiger partial charge is 0.0589 e. The summed E-state index contributed by atoms with van der Waals surface area (Å²) in [4.78, 5) is 2.61. The Labute approximate surface area is 100 Å². The van der Waals surface area contributed by atoms with E-state index < -0.39 is 0 Å². The molecule has 0 unspecified atom stereocenters. The molecule has 2 rings (SSSR count). The Balaban J connectivity index is 1.74. The highest BCUT2D eigenvalue weighted by Gasteiger charge is 2.46. The maximum absolute atomic E-state index is 5.87. The molecule has 1 spiro atoms. The molecular weight excluding hydrogens is 198 g/mol. The second kappa shape index (κ2) is 4.66. The van der Waals surface area contributed by atoms with Crippen molar-refractivity contribution < 1.29 is 4.74 Å². The van der Waals surface area contributed by atoms with Crippen molar-refractivity contribution in [2.75, 3.05) is 13.1 Å². The molecule has 2 heteroatoms. The molecule has 1 heterocycles. The zero-order chi connectivity index (χ0) is 11.8. The van der Waals surface area contributed by atoms with Crippen LogP contribution in [-0.2, 0) is 4.74 Å². The first-order valence-electron chi connectivity index (χ1n) is 6.90. The van der Waals surface area contributed by atoms with Gasteiger partial charge in [-0.15, -0.1) is 0 Å². The van der Waals surface area contributed by atoms with Gasteiger partial charge >= 0.3 is 0 Å². The van der Waals surface area contributed by atoms with Gasteiger partial charge in [0.15, 0.2) is 0 Å². The Bertz CT molecular complexity index is 213. The van der Waals surface area contributed by atoms with Crippen molar-refractivity contribution in [2.45, 2.75) is 71.6 Å². The monoisotopic (exact) mass is 225 g/mol. The highest BCUT2D eigenvalue weighted by Crippen LogP contribution is 2.50. The summed E-state index contributed by atoms with van der Waals surface area (Å²) < 4.78 is 5.87. The van der Waals surface area contributed by atoms with E-state index in [1.807, 2.05) is 0 Å². The first kappa shape index (κ1) is 12.4. The minimum atomic E-state index is 0.401. The molecule has 2 fully saturated rings. The Morgan fingerprint density at radius 3 is 2.06 bits per heavy atom. The fourth-order valence-corrected chi connectivity index (χ4v) is 3.31. The summed E-state index contributed by atoms with van der Waals surface area (Å²) in [5.41, 5.74) is 0.658. The number of ether oxygens (including phenoxy) is 1. The van der Waals surface area contributed by atoms with Crippen molar-refractivity contribution in [3.05, 3.63) is 0 Å². The van der Waals surface area contributed by atoms with Crippen LogP contribution in [0.2, 0.25) is 0 Å². The van der Waals surface area contributed by atoms with E-state index in [9.17, 15) is 0 Å². The van der Waals surface area contributed by atoms with Crippen LogP contribution in [0.1, 0.15) is 53.4 Å². The number of piperidine rings is 1. The summed E-state index contributed by atoms with van der Waals surface area (Å²) in [5.74, 6) is 0. The van der Waals surface area contributed by atoms with Crippen LogP contribution >= 0.6 is 0 Å². The normalized spacial score (nSPS) is 26.6. The van der Waals surface area contributed by atoms with Crippen molar-refractivity contribution >= 4 is 0 Å². The molecule has 1 saturated carbocycles. The number of nitrogens with zero attached hydrogens (tertiary/aromatic N) is 1. The van der Waals surface area contributed by atoms with Gasteiger partial charge in [0.2, 0.25) is 0 Å². The average Bonchev–Trinajstić information content (AvgIpc) is 2.15. The zero-order valence-electron chi connectivity index (χ0n) is 11.3. The summed E-state index contributed by atoms with van der Waals surface area (Å²) in [6.07, 6.45) is 6.38. The second-order valence-electron chi connectivity index (χ2n) is 6.34. The molecule has 2 nitrogen and oxygen atoms in total. The molecule has 0 radical (unpaired) electrons. The van der Waals surface area contributed by atoms with Crippen LogP contribution in [0.3, 0.4) is 0 Å². The Morgan fingerprint density at radius 2 is 1.62 bits per heavy atom. The predicted molar refractivity (Wildman–Crippen MR) is 67.6 cm³/mol. The lowest BCUT2D eigenvalue weighted by atomic mass is 9.61. The quantitative estimate of drug-likeness (QED) is 0.732. The number of hydrogen-bond donors (Lipinski definition) is 0. The number of likely N-dealkylation sites (tertiary alicyclic amines) is 1. The largest absolute Gasteiger partial charge is 0.376 e. The van der Waals surface area contributed by atoms with Gasteiger partial charge in [0, 0.05) is 6.04 Å². The van der Waals surface area contributed by atoms with Gasteiger partial charge in [0.05, 0.1) is 12.2 Å². The lowest BCUT2D eigenvalue weighted by molar-refractivity contribution is -0.125. The van der Waals surface area contributed by atoms with E-state index in [1.54, 1.807) is 0 Å². The van der Waals surface area contributed by atoms with Gasteiger partial charge in [-0.1, -0.05) is 0 Å². The van der Waals surface area contributed by atoms with Crippen molar-refractivity contribution in [1.29, 1.82) is 0 Å². The lowest BCUT2D eigenvalue weighted by Crippen LogP contribution is -2.51. The molecule has 1 aliphatic heterocycles. The predicted octanol–water partition coefficient (Wildman–Crippen LogP) is 3.06. The van der Waals surface area contributed by atoms with Crippen LogP contribution in [0, 0.1) is 5.41 Å². The third-order valence-electron chi connectivity index (χ3n) is 4.37. The molecule has 16 heavy (non-hydrogen) atoms. The maximum Gasteiger partial charge on any atom is 0.0589 e. The first-order chi connectivity index (χ1) is 7.51. The Morgan fingerprint density at radius 1 is 1.06 bits per heavy atom. The second-order valence-corrected chi connectivity index (χ2v) is 6.34. The summed E-state index contributed by atoms with van der Waals surface area (Å²) >= 11 is 0. The van der Waals surface area contributed by atoms with Crippen molar-refractivity contribution in [1.82, 2.24) is 4.90 Å². The highest BCUT2D eigenvalue weighted by molar-refractivity contribution is 4.98. The molecule has 0 amide bonds. The van der Waals surface area contributed by atoms with Gasteiger partial charge < -0.3 is 9.64 Å². The lowest BCUT2D eigenvalue weighted by Gasteiger charge is -2.53. The van der Waals surface area contributed by atoms with E-state index in [0.29, 0.717) is 17.6 Å². The topological polar surface area (TPSA) is 12.5 Å². The van der Waals surface area contributed by atoms with E-state index in [1.165, 1.54) is 38.8 Å². The van der Waals surface area contributed by atoms with Crippen molar-refractivity contribution in [3.8, 4) is 0 Å². The number of hydrogen-bond acceptors (Lipinski definition) is 2. The van der Waals surface area contributed by atoms with Crippen LogP contribution in [0.25, 0.3) is 0 Å². The minimum Gasteiger partial charge on any atom is -0.376 e. The van der Waals surface area contributed by atoms with Crippen molar-refractivity contribution in [3.63, 3.8) is 0 Å². The SMILES string of the molecule is CC(C)OC1CC2(CCN(C(C)C)CC2)C1. The van der Waals surface area contributed by atoms with Crippen LogP contribution in [0.15, 0.2) is 0 Å². The molecule has 1 aliphatic carbocycles. The standard InChI is InChI=1S/C14H27NO/c1-11(2)15-7-5-14(6-8-15)9-13(10-14)16-12(3)4/h11-13H,5-10H2,1-4H3. The molecule has 0 aromatic carbocycles. The van der Waals surface area contributed by atoms with Gasteiger partial charge in [0.25, 0.3) is 0 Å². The van der Waals surface area contributed by atoms with Crippen LogP contribution in [0.4, 0.5) is 0 Å². The fraction of sp³-hybridized carbons (Fsp3) is 1.00. The summed E-state index contributed by atoms with van der Waals surface area (Å²) in [6.45, 7) is 11.5. The van der Waals surface area contributed by atoms with E-state index >= 15 is 0 Å². The molecule has 0 bridgehead atoms. The average molecular weight is 225 g/mol. The third kappa shape index (κ3) is 2.60. The van der Waals surface area contributed by atoms with Crippen LogP contribution in [0.5, 0.6) is 0 Å². The van der Waals surface area contributed by atoms with Gasteiger partial charge in [-0.05, 0) is 71.9 Å². The zero-order valence-corrected chi connectivity index (χ0v) is 11.3. The molecule has 0 aromatic rings. The van der Waals surface area contributed by atoms with E-state index in [-0.39, 0.29) is 0 Å². The van der Waals surface area contributed by atoms with Gasteiger partial charge in [0.1, 0.15) is 0 Å². The fourth-order valence-electron chi connectivity index (χ4n) is 3.31. The third-order valence-corrected chi connectivity index (χ3v) is 4.37. The maximum atomic E-state index is 5.87. The highest BCUT2D eigenvalue weighted by atomic mass is 16.5. The van der Waals surface area contributed by atoms with E-state index in [4.69, 9.17) is 4.74 Å². The van der Waals surface area contributed by atoms with Gasteiger partial charge in [-0.25, -0.2) is 0 Å². The molecule has 0 aromatic heterocycles. The van der Waals surface area contributed by atoms with Gasteiger partial charge in [-0.2, -0.15) is 0 Å². The summed E-state index contributed by atoms with van der Waals surface area (Å²) in [6, 6.07) is 0.722. The van der Waals surface area contributed by atoms with E-state index in [0.717, 1.165) is 6.04 Å². The minimum absolute atomic E-state index is 0.401. The Hall–Kier alpha value is -0.0800. The molecule has 0 atom stereocenters. The molecule has 2 aliphatic rings. The van der Waals surface area contributed by atoms with E-state index in [2.05, 4.69) is 32.6 Å². The van der Waals surface area contributed by atoms with Crippen molar-refractivity contribution in [2.24, 2.45) is 5.41 Å². The van der Waals surface area contributed by atoms with Gasteiger partial charge in [-0.3, -0.25) is 0 Å². The summed E-state index contributed by atoms with van der Waals surface area (Å²) in [5, 5.41) is 0. The first-order valence-corrected chi connectivity index (χ1v) is 6.90. The molecule has 1 saturated heterocycles. The Kier molecular flexibility index (Phi) is 3.60.